The topological polar surface area (TPSA) is 49.3 Å². The van der Waals surface area contributed by atoms with Gasteiger partial charge in [-0.1, -0.05) is 0 Å². The van der Waals surface area contributed by atoms with E-state index in [0.717, 1.165) is 6.92 Å². The van der Waals surface area contributed by atoms with Crippen LogP contribution in [0.15, 0.2) is 0 Å². The highest BCUT2D eigenvalue weighted by molar-refractivity contribution is 5.72. The van der Waals surface area contributed by atoms with Crippen molar-refractivity contribution in [3.05, 3.63) is 0 Å². The van der Waals surface area contributed by atoms with Crippen molar-refractivity contribution in [1.82, 2.24) is 5.32 Å². The molecule has 0 heterocycles. The van der Waals surface area contributed by atoms with Crippen molar-refractivity contribution in [2.24, 2.45) is 0 Å². The van der Waals surface area contributed by atoms with Crippen molar-refractivity contribution >= 4 is 5.91 Å². The lowest BCUT2D eigenvalue weighted by Crippen LogP contribution is -2.37. The highest BCUT2D eigenvalue weighted by atomic mass is 19.3. The molecule has 0 atom stereocenters. The SMILES string of the molecule is CC(=O)NCC(F)(F)CO. The molecule has 60 valence electrons. The molecule has 0 aromatic heterocycles. The summed E-state index contributed by atoms with van der Waals surface area (Å²) >= 11 is 0. The van der Waals surface area contributed by atoms with Crippen LogP contribution >= 0.6 is 0 Å². The number of hydrogen-bond acceptors (Lipinski definition) is 2. The summed E-state index contributed by atoms with van der Waals surface area (Å²) in [6, 6.07) is 0. The maximum Gasteiger partial charge on any atom is 0.287 e. The molecule has 0 rings (SSSR count). The van der Waals surface area contributed by atoms with E-state index in [1.54, 1.807) is 0 Å². The van der Waals surface area contributed by atoms with Gasteiger partial charge < -0.3 is 10.4 Å². The molecule has 0 spiro atoms. The first kappa shape index (κ1) is 9.29. The number of carbonyl (C=O) groups excluding carboxylic acids is 1. The molecule has 10 heavy (non-hydrogen) atoms. The molecule has 0 radical (unpaired) electrons. The molecule has 0 aromatic rings. The van der Waals surface area contributed by atoms with E-state index in [2.05, 4.69) is 0 Å². The zero-order valence-corrected chi connectivity index (χ0v) is 5.53. The number of aliphatic hydroxyl groups is 1. The summed E-state index contributed by atoms with van der Waals surface area (Å²) in [7, 11) is 0. The number of aliphatic hydroxyl groups excluding tert-OH is 1. The molecule has 1 amide bonds. The molecule has 2 N–H and O–H groups in total. The van der Waals surface area contributed by atoms with Gasteiger partial charge in [-0.15, -0.1) is 0 Å². The van der Waals surface area contributed by atoms with Gasteiger partial charge in [0.05, 0.1) is 6.54 Å². The fourth-order valence-corrected chi connectivity index (χ4v) is 0.310. The van der Waals surface area contributed by atoms with Crippen LogP contribution in [0.4, 0.5) is 8.78 Å². The Balaban J connectivity index is 3.56. The fraction of sp³-hybridized carbons (Fsp3) is 0.800. The summed E-state index contributed by atoms with van der Waals surface area (Å²) in [5.74, 6) is -3.74. The van der Waals surface area contributed by atoms with Gasteiger partial charge >= 0.3 is 0 Å². The van der Waals surface area contributed by atoms with Gasteiger partial charge in [0.1, 0.15) is 6.61 Å². The fourth-order valence-electron chi connectivity index (χ4n) is 0.310. The van der Waals surface area contributed by atoms with Crippen molar-refractivity contribution < 1.29 is 18.7 Å². The molecule has 0 fully saturated rings. The minimum Gasteiger partial charge on any atom is -0.390 e. The van der Waals surface area contributed by atoms with Crippen LogP contribution in [0.2, 0.25) is 0 Å². The van der Waals surface area contributed by atoms with Crippen LogP contribution in [0.1, 0.15) is 6.92 Å². The number of carbonyl (C=O) groups is 1. The van der Waals surface area contributed by atoms with E-state index in [0.29, 0.717) is 0 Å². The molecule has 0 bridgehead atoms. The monoisotopic (exact) mass is 153 g/mol. The summed E-state index contributed by atoms with van der Waals surface area (Å²) in [6.45, 7) is -0.917. The lowest BCUT2D eigenvalue weighted by atomic mass is 10.3. The van der Waals surface area contributed by atoms with E-state index in [-0.39, 0.29) is 0 Å². The Morgan fingerprint density at radius 2 is 2.20 bits per heavy atom. The maximum atomic E-state index is 12.0. The number of nitrogens with one attached hydrogen (secondary N) is 1. The van der Waals surface area contributed by atoms with Crippen LogP contribution in [0, 0.1) is 0 Å². The number of hydrogen-bond donors (Lipinski definition) is 2. The number of amides is 1. The van der Waals surface area contributed by atoms with Crippen LogP contribution in [-0.4, -0.2) is 30.1 Å². The second-order valence-electron chi connectivity index (χ2n) is 1.92. The van der Waals surface area contributed by atoms with Crippen molar-refractivity contribution in [1.29, 1.82) is 0 Å². The van der Waals surface area contributed by atoms with Gasteiger partial charge in [0.2, 0.25) is 5.91 Å². The zero-order chi connectivity index (χ0) is 8.20. The third-order valence-corrected chi connectivity index (χ3v) is 0.827. The van der Waals surface area contributed by atoms with E-state index < -0.39 is 25.0 Å². The third kappa shape index (κ3) is 4.20. The van der Waals surface area contributed by atoms with Crippen molar-refractivity contribution in [3.63, 3.8) is 0 Å². The summed E-state index contributed by atoms with van der Waals surface area (Å²) in [6.07, 6.45) is 0. The second kappa shape index (κ2) is 3.46. The van der Waals surface area contributed by atoms with Crippen LogP contribution < -0.4 is 5.32 Å². The van der Waals surface area contributed by atoms with Crippen LogP contribution in [0.25, 0.3) is 0 Å². The van der Waals surface area contributed by atoms with E-state index in [1.165, 1.54) is 0 Å². The van der Waals surface area contributed by atoms with Gasteiger partial charge in [0.15, 0.2) is 0 Å². The Morgan fingerprint density at radius 3 is 2.50 bits per heavy atom. The Bertz CT molecular complexity index is 127. The summed E-state index contributed by atoms with van der Waals surface area (Å²) in [4.78, 5) is 10.1. The van der Waals surface area contributed by atoms with Gasteiger partial charge in [-0.25, -0.2) is 8.78 Å². The van der Waals surface area contributed by atoms with E-state index in [4.69, 9.17) is 5.11 Å². The van der Waals surface area contributed by atoms with E-state index in [9.17, 15) is 13.6 Å². The number of alkyl halides is 2. The lowest BCUT2D eigenvalue weighted by molar-refractivity contribution is -0.121. The van der Waals surface area contributed by atoms with Crippen molar-refractivity contribution in [2.45, 2.75) is 12.8 Å². The van der Waals surface area contributed by atoms with Gasteiger partial charge in [0, 0.05) is 6.92 Å². The smallest absolute Gasteiger partial charge is 0.287 e. The Labute approximate surface area is 57.0 Å². The predicted octanol–water partition coefficient (Wildman–Crippen LogP) is -0.250. The maximum absolute atomic E-state index is 12.0. The molecule has 0 aromatic carbocycles. The standard InChI is InChI=1S/C5H9F2NO2/c1-4(10)8-2-5(6,7)3-9/h9H,2-3H2,1H3,(H,8,10). The second-order valence-corrected chi connectivity index (χ2v) is 1.92. The Morgan fingerprint density at radius 1 is 1.70 bits per heavy atom. The molecular formula is C5H9F2NO2. The van der Waals surface area contributed by atoms with Gasteiger partial charge in [-0.05, 0) is 0 Å². The molecule has 0 aliphatic carbocycles. The molecule has 0 aliphatic rings. The quantitative estimate of drug-likeness (QED) is 0.587. The largest absolute Gasteiger partial charge is 0.390 e. The molecule has 5 heteroatoms. The third-order valence-electron chi connectivity index (χ3n) is 0.827. The number of halogens is 2. The molecule has 0 saturated carbocycles. The lowest BCUT2D eigenvalue weighted by Gasteiger charge is -2.12. The first-order valence-corrected chi connectivity index (χ1v) is 2.71. The van der Waals surface area contributed by atoms with E-state index >= 15 is 0 Å². The minimum atomic E-state index is -3.20. The molecule has 0 saturated heterocycles. The first-order valence-electron chi connectivity index (χ1n) is 2.71. The molecule has 0 unspecified atom stereocenters. The molecule has 0 aliphatic heterocycles. The van der Waals surface area contributed by atoms with E-state index in [1.807, 2.05) is 5.32 Å². The highest BCUT2D eigenvalue weighted by Gasteiger charge is 2.27. The van der Waals surface area contributed by atoms with Crippen LogP contribution in [0.3, 0.4) is 0 Å². The summed E-state index contributed by atoms with van der Waals surface area (Å²) in [5.41, 5.74) is 0. The van der Waals surface area contributed by atoms with Crippen molar-refractivity contribution in [3.8, 4) is 0 Å². The minimum absolute atomic E-state index is 0.534. The summed E-state index contributed by atoms with van der Waals surface area (Å²) < 4.78 is 24.1. The zero-order valence-electron chi connectivity index (χ0n) is 5.53. The highest BCUT2D eigenvalue weighted by Crippen LogP contribution is 2.09. The molecular weight excluding hydrogens is 144 g/mol. The van der Waals surface area contributed by atoms with Gasteiger partial charge in [0.25, 0.3) is 5.92 Å². The average Bonchev–Trinajstić information content (AvgIpc) is 1.85. The predicted molar refractivity (Wildman–Crippen MR) is 30.7 cm³/mol. The van der Waals surface area contributed by atoms with Crippen molar-refractivity contribution in [2.75, 3.05) is 13.2 Å². The average molecular weight is 153 g/mol. The first-order chi connectivity index (χ1) is 4.48. The number of rotatable bonds is 3. The van der Waals surface area contributed by atoms with Crippen LogP contribution in [-0.2, 0) is 4.79 Å². The molecule has 3 nitrogen and oxygen atoms in total. The van der Waals surface area contributed by atoms with Gasteiger partial charge in [-0.3, -0.25) is 4.79 Å². The Hall–Kier alpha value is -0.710. The van der Waals surface area contributed by atoms with Gasteiger partial charge in [-0.2, -0.15) is 0 Å². The normalized spacial score (nSPS) is 11.2. The van der Waals surface area contributed by atoms with Crippen LogP contribution in [0.5, 0.6) is 0 Å². The Kier molecular flexibility index (Phi) is 3.21. The summed E-state index contributed by atoms with van der Waals surface area (Å²) in [5, 5.41) is 9.89.